The molecule has 1 aliphatic carbocycles. The fourth-order valence-electron chi connectivity index (χ4n) is 4.41. The Morgan fingerprint density at radius 1 is 1.27 bits per heavy atom. The number of aromatic amines is 1. The summed E-state index contributed by atoms with van der Waals surface area (Å²) in [4.78, 5) is 4.21. The first-order valence-corrected chi connectivity index (χ1v) is 9.95. The lowest BCUT2D eigenvalue weighted by molar-refractivity contribution is 0.138. The SMILES string of the molecule is COc1cc2c(cc1OC1CCOC1)C(C)(C)c1c(-c3ccc(C#N)nc3)n[nH]c1-2. The van der Waals surface area contributed by atoms with Gasteiger partial charge in [0.05, 0.1) is 31.7 Å². The molecule has 3 heterocycles. The summed E-state index contributed by atoms with van der Waals surface area (Å²) in [5.74, 6) is 1.43. The zero-order chi connectivity index (χ0) is 20.9. The molecule has 1 aliphatic heterocycles. The maximum absolute atomic E-state index is 9.03. The highest BCUT2D eigenvalue weighted by atomic mass is 16.6. The Hall–Kier alpha value is -3.37. The van der Waals surface area contributed by atoms with Crippen molar-refractivity contribution in [1.29, 1.82) is 5.26 Å². The topological polar surface area (TPSA) is 93.1 Å². The third-order valence-corrected chi connectivity index (χ3v) is 5.97. The molecule has 2 aromatic heterocycles. The molecule has 30 heavy (non-hydrogen) atoms. The molecule has 1 atom stereocenters. The summed E-state index contributed by atoms with van der Waals surface area (Å²) in [6, 6.07) is 9.76. The monoisotopic (exact) mass is 402 g/mol. The summed E-state index contributed by atoms with van der Waals surface area (Å²) in [6.07, 6.45) is 2.62. The number of hydrogen-bond donors (Lipinski definition) is 1. The van der Waals surface area contributed by atoms with Crippen molar-refractivity contribution in [3.05, 3.63) is 47.3 Å². The van der Waals surface area contributed by atoms with Crippen molar-refractivity contribution in [1.82, 2.24) is 15.2 Å². The van der Waals surface area contributed by atoms with Crippen molar-refractivity contribution in [3.8, 4) is 40.1 Å². The third-order valence-electron chi connectivity index (χ3n) is 5.97. The molecular weight excluding hydrogens is 380 g/mol. The molecule has 0 spiro atoms. The van der Waals surface area contributed by atoms with E-state index in [0.717, 1.165) is 52.4 Å². The molecule has 1 saturated heterocycles. The van der Waals surface area contributed by atoms with Gasteiger partial charge in [-0.1, -0.05) is 13.8 Å². The third kappa shape index (κ3) is 2.76. The van der Waals surface area contributed by atoms with Crippen LogP contribution in [0.15, 0.2) is 30.5 Å². The summed E-state index contributed by atoms with van der Waals surface area (Å²) in [5, 5.41) is 16.8. The highest BCUT2D eigenvalue weighted by Crippen LogP contribution is 2.53. The minimum Gasteiger partial charge on any atom is -0.493 e. The molecule has 1 aromatic carbocycles. The van der Waals surface area contributed by atoms with Gasteiger partial charge in [0.25, 0.3) is 0 Å². The van der Waals surface area contributed by atoms with Crippen LogP contribution in [0.3, 0.4) is 0 Å². The van der Waals surface area contributed by atoms with Crippen LogP contribution in [-0.2, 0) is 10.2 Å². The van der Waals surface area contributed by atoms with Crippen LogP contribution in [0.4, 0.5) is 0 Å². The number of nitriles is 1. The molecule has 1 N–H and O–H groups in total. The molecule has 1 unspecified atom stereocenters. The van der Waals surface area contributed by atoms with Crippen LogP contribution in [0.5, 0.6) is 11.5 Å². The van der Waals surface area contributed by atoms with Crippen LogP contribution in [0, 0.1) is 11.3 Å². The fourth-order valence-corrected chi connectivity index (χ4v) is 4.41. The molecule has 3 aromatic rings. The van der Waals surface area contributed by atoms with E-state index in [4.69, 9.17) is 19.5 Å². The number of benzene rings is 1. The van der Waals surface area contributed by atoms with Crippen molar-refractivity contribution < 1.29 is 14.2 Å². The summed E-state index contributed by atoms with van der Waals surface area (Å²) in [7, 11) is 1.65. The first-order chi connectivity index (χ1) is 14.5. The van der Waals surface area contributed by atoms with Gasteiger partial charge in [0.1, 0.15) is 17.9 Å². The van der Waals surface area contributed by atoms with E-state index in [1.54, 1.807) is 19.4 Å². The average molecular weight is 402 g/mol. The summed E-state index contributed by atoms with van der Waals surface area (Å²) in [6.45, 7) is 5.69. The molecular formula is C23H22N4O3. The number of nitrogens with zero attached hydrogens (tertiary/aromatic N) is 3. The average Bonchev–Trinajstić information content (AvgIpc) is 3.47. The van der Waals surface area contributed by atoms with Crippen molar-refractivity contribution in [2.45, 2.75) is 31.8 Å². The number of H-pyrrole nitrogens is 1. The van der Waals surface area contributed by atoms with Gasteiger partial charge in [0.15, 0.2) is 11.5 Å². The van der Waals surface area contributed by atoms with Gasteiger partial charge in [0.2, 0.25) is 0 Å². The molecule has 0 amide bonds. The normalized spacial score (nSPS) is 18.5. The van der Waals surface area contributed by atoms with Gasteiger partial charge in [-0.15, -0.1) is 0 Å². The number of nitrogens with one attached hydrogen (secondary N) is 1. The molecule has 0 radical (unpaired) electrons. The van der Waals surface area contributed by atoms with Gasteiger partial charge in [-0.25, -0.2) is 4.98 Å². The lowest BCUT2D eigenvalue weighted by Crippen LogP contribution is -2.18. The van der Waals surface area contributed by atoms with E-state index < -0.39 is 0 Å². The Labute approximate surface area is 174 Å². The zero-order valence-electron chi connectivity index (χ0n) is 17.2. The molecule has 7 heteroatoms. The van der Waals surface area contributed by atoms with Gasteiger partial charge in [-0.05, 0) is 29.8 Å². The first kappa shape index (κ1) is 18.6. The van der Waals surface area contributed by atoms with Crippen LogP contribution < -0.4 is 9.47 Å². The van der Waals surface area contributed by atoms with E-state index in [2.05, 4.69) is 41.2 Å². The van der Waals surface area contributed by atoms with Crippen molar-refractivity contribution in [3.63, 3.8) is 0 Å². The summed E-state index contributed by atoms with van der Waals surface area (Å²) < 4.78 is 17.3. The van der Waals surface area contributed by atoms with E-state index in [1.807, 2.05) is 12.1 Å². The molecule has 5 rings (SSSR count). The van der Waals surface area contributed by atoms with E-state index >= 15 is 0 Å². The number of pyridine rings is 1. The Bertz CT molecular complexity index is 1150. The number of aromatic nitrogens is 3. The van der Waals surface area contributed by atoms with Crippen LogP contribution in [0.1, 0.15) is 37.1 Å². The van der Waals surface area contributed by atoms with E-state index in [0.29, 0.717) is 18.1 Å². The quantitative estimate of drug-likeness (QED) is 0.713. The second-order valence-electron chi connectivity index (χ2n) is 8.14. The van der Waals surface area contributed by atoms with Crippen LogP contribution in [0.2, 0.25) is 0 Å². The van der Waals surface area contributed by atoms with Gasteiger partial charge in [0, 0.05) is 34.7 Å². The maximum Gasteiger partial charge on any atom is 0.162 e. The van der Waals surface area contributed by atoms with E-state index in [-0.39, 0.29) is 11.5 Å². The second-order valence-corrected chi connectivity index (χ2v) is 8.14. The Balaban J connectivity index is 1.60. The highest BCUT2D eigenvalue weighted by Gasteiger charge is 2.41. The van der Waals surface area contributed by atoms with Crippen molar-refractivity contribution in [2.75, 3.05) is 20.3 Å². The van der Waals surface area contributed by atoms with Gasteiger partial charge < -0.3 is 14.2 Å². The number of methoxy groups -OCH3 is 1. The van der Waals surface area contributed by atoms with Gasteiger partial charge in [-0.2, -0.15) is 10.4 Å². The lowest BCUT2D eigenvalue weighted by atomic mass is 9.81. The zero-order valence-corrected chi connectivity index (χ0v) is 17.2. The Kier molecular flexibility index (Phi) is 4.26. The van der Waals surface area contributed by atoms with Crippen LogP contribution in [0.25, 0.3) is 22.5 Å². The van der Waals surface area contributed by atoms with E-state index in [1.165, 1.54) is 0 Å². The maximum atomic E-state index is 9.03. The van der Waals surface area contributed by atoms with Crippen LogP contribution >= 0.6 is 0 Å². The summed E-state index contributed by atoms with van der Waals surface area (Å²) in [5.41, 5.74) is 6.10. The highest BCUT2D eigenvalue weighted by molar-refractivity contribution is 5.86. The second kappa shape index (κ2) is 6.85. The molecule has 0 saturated carbocycles. The Morgan fingerprint density at radius 3 is 2.80 bits per heavy atom. The standard InChI is InChI=1S/C23H22N4O3/c1-23(2)17-9-19(30-15-6-7-29-12-15)18(28-3)8-16(17)22-20(23)21(26-27-22)13-4-5-14(10-24)25-11-13/h4-5,8-9,11,15H,6-7,12H2,1-3H3,(H,26,27). The molecule has 1 fully saturated rings. The number of fused-ring (bicyclic) bond motifs is 3. The van der Waals surface area contributed by atoms with Gasteiger partial charge >= 0.3 is 0 Å². The van der Waals surface area contributed by atoms with Crippen molar-refractivity contribution in [2.24, 2.45) is 0 Å². The molecule has 2 aliphatic rings. The predicted molar refractivity (Wildman–Crippen MR) is 111 cm³/mol. The molecule has 152 valence electrons. The minimum absolute atomic E-state index is 0.0428. The Morgan fingerprint density at radius 2 is 2.13 bits per heavy atom. The van der Waals surface area contributed by atoms with Gasteiger partial charge in [-0.3, -0.25) is 5.10 Å². The number of rotatable bonds is 4. The van der Waals surface area contributed by atoms with Crippen LogP contribution in [-0.4, -0.2) is 41.6 Å². The van der Waals surface area contributed by atoms with E-state index in [9.17, 15) is 0 Å². The lowest BCUT2D eigenvalue weighted by Gasteiger charge is -2.24. The molecule has 0 bridgehead atoms. The number of ether oxygens (including phenoxy) is 3. The van der Waals surface area contributed by atoms with Crippen molar-refractivity contribution >= 4 is 0 Å². The number of hydrogen-bond acceptors (Lipinski definition) is 6. The minimum atomic E-state index is -0.294. The fraction of sp³-hybridized carbons (Fsp3) is 0.348. The first-order valence-electron chi connectivity index (χ1n) is 9.95. The smallest absolute Gasteiger partial charge is 0.162 e. The molecule has 7 nitrogen and oxygen atoms in total. The largest absolute Gasteiger partial charge is 0.493 e. The predicted octanol–water partition coefficient (Wildman–Crippen LogP) is 3.83. The summed E-state index contributed by atoms with van der Waals surface area (Å²) >= 11 is 0.